The molecule has 8 nitrogen and oxygen atoms in total. The van der Waals surface area contributed by atoms with Gasteiger partial charge in [-0.05, 0) is 67.3 Å². The molecule has 0 spiro atoms. The number of nitrogens with one attached hydrogen (secondary N) is 3. The number of benzene rings is 3. The van der Waals surface area contributed by atoms with Crippen LogP contribution in [0.25, 0.3) is 0 Å². The van der Waals surface area contributed by atoms with Crippen molar-refractivity contribution >= 4 is 50.5 Å². The third-order valence-electron chi connectivity index (χ3n) is 6.63. The highest BCUT2D eigenvalue weighted by molar-refractivity contribution is 7.93. The van der Waals surface area contributed by atoms with Crippen molar-refractivity contribution in [3.05, 3.63) is 93.5 Å². The van der Waals surface area contributed by atoms with Gasteiger partial charge in [0.2, 0.25) is 10.0 Å². The number of rotatable bonds is 12. The van der Waals surface area contributed by atoms with Crippen LogP contribution in [0.3, 0.4) is 0 Å². The molecule has 40 heavy (non-hydrogen) atoms. The second-order valence-electron chi connectivity index (χ2n) is 9.79. The second kappa shape index (κ2) is 13.7. The number of anilines is 2. The first kappa shape index (κ1) is 30.1. The lowest BCUT2D eigenvalue weighted by atomic mass is 10.00. The molecule has 2 atom stereocenters. The maximum Gasteiger partial charge on any atom is 0.251 e. The Morgan fingerprint density at radius 3 is 2.40 bits per heavy atom. The zero-order valence-electron chi connectivity index (χ0n) is 22.2. The summed E-state index contributed by atoms with van der Waals surface area (Å²) in [4.78, 5) is 13.5. The Hall–Kier alpha value is -2.82. The van der Waals surface area contributed by atoms with Gasteiger partial charge in [-0.3, -0.25) is 9.10 Å². The summed E-state index contributed by atoms with van der Waals surface area (Å²) < 4.78 is 26.5. The maximum absolute atomic E-state index is 13.5. The van der Waals surface area contributed by atoms with Crippen LogP contribution in [0, 0.1) is 0 Å². The lowest BCUT2D eigenvalue weighted by Gasteiger charge is -2.26. The normalized spacial score (nSPS) is 15.9. The number of amides is 1. The predicted molar refractivity (Wildman–Crippen MR) is 162 cm³/mol. The molecule has 214 valence electrons. The van der Waals surface area contributed by atoms with E-state index in [1.54, 1.807) is 36.4 Å². The molecular formula is C29H34Cl2N4O4S. The summed E-state index contributed by atoms with van der Waals surface area (Å²) in [6.45, 7) is 3.54. The summed E-state index contributed by atoms with van der Waals surface area (Å²) in [5.74, 6) is -0.320. The zero-order valence-corrected chi connectivity index (χ0v) is 24.6. The molecule has 4 rings (SSSR count). The van der Waals surface area contributed by atoms with E-state index in [2.05, 4.69) is 16.0 Å². The van der Waals surface area contributed by atoms with E-state index in [1.807, 2.05) is 37.3 Å². The van der Waals surface area contributed by atoms with Crippen LogP contribution in [0.2, 0.25) is 10.0 Å². The maximum atomic E-state index is 13.5. The van der Waals surface area contributed by atoms with Gasteiger partial charge in [0.1, 0.15) is 0 Å². The zero-order chi connectivity index (χ0) is 28.7. The first-order valence-electron chi connectivity index (χ1n) is 13.2. The number of carbonyl (C=O) groups is 1. The average molecular weight is 606 g/mol. The highest BCUT2D eigenvalue weighted by Gasteiger charge is 2.30. The molecule has 1 saturated heterocycles. The van der Waals surface area contributed by atoms with Crippen LogP contribution in [-0.4, -0.2) is 57.0 Å². The first-order chi connectivity index (χ1) is 19.1. The van der Waals surface area contributed by atoms with Crippen molar-refractivity contribution in [1.29, 1.82) is 0 Å². The van der Waals surface area contributed by atoms with Gasteiger partial charge < -0.3 is 21.1 Å². The van der Waals surface area contributed by atoms with Gasteiger partial charge in [0.25, 0.3) is 5.91 Å². The standard InChI is InChI=1S/C29H34Cl2N4O4S/c1-2-33-25-14-22(15-26(17-25)35-9-6-10-40(35,38)39)29(37)34-27(13-20-7-4-3-5-8-20)28(36)19-32-18-21-11-23(30)16-24(31)12-21/h3-5,7-8,11-12,14-17,27-28,32-33,36H,2,6,9-10,13,18-19H2,1H3,(H,34,37)/t27-,28+/m0/s1. The fourth-order valence-electron chi connectivity index (χ4n) is 4.74. The molecule has 1 aliphatic heterocycles. The lowest BCUT2D eigenvalue weighted by molar-refractivity contribution is 0.0830. The monoisotopic (exact) mass is 604 g/mol. The predicted octanol–water partition coefficient (Wildman–Crippen LogP) is 4.46. The number of hydrogen-bond acceptors (Lipinski definition) is 6. The van der Waals surface area contributed by atoms with Crippen molar-refractivity contribution in [2.45, 2.75) is 38.5 Å². The highest BCUT2D eigenvalue weighted by atomic mass is 35.5. The third kappa shape index (κ3) is 8.11. The van der Waals surface area contributed by atoms with Gasteiger partial charge in [-0.2, -0.15) is 0 Å². The van der Waals surface area contributed by atoms with Crippen molar-refractivity contribution in [3.8, 4) is 0 Å². The summed E-state index contributed by atoms with van der Waals surface area (Å²) in [5.41, 5.74) is 3.23. The summed E-state index contributed by atoms with van der Waals surface area (Å²) in [6.07, 6.45) is 0.0162. The van der Waals surface area contributed by atoms with E-state index in [-0.39, 0.29) is 12.3 Å². The Balaban J connectivity index is 1.53. The molecule has 0 saturated carbocycles. The molecule has 0 radical (unpaired) electrons. The lowest BCUT2D eigenvalue weighted by Crippen LogP contribution is -2.48. The van der Waals surface area contributed by atoms with E-state index < -0.39 is 28.1 Å². The van der Waals surface area contributed by atoms with Gasteiger partial charge in [-0.25, -0.2) is 8.42 Å². The molecule has 0 aliphatic carbocycles. The number of aliphatic hydroxyl groups excluding tert-OH is 1. The first-order valence-corrected chi connectivity index (χ1v) is 15.6. The number of aliphatic hydroxyl groups is 1. The molecule has 3 aromatic carbocycles. The molecule has 4 N–H and O–H groups in total. The minimum absolute atomic E-state index is 0.0830. The minimum Gasteiger partial charge on any atom is -0.390 e. The fraction of sp³-hybridized carbons (Fsp3) is 0.345. The van der Waals surface area contributed by atoms with Crippen LogP contribution >= 0.6 is 23.2 Å². The van der Waals surface area contributed by atoms with Crippen molar-refractivity contribution < 1.29 is 18.3 Å². The molecule has 0 unspecified atom stereocenters. The van der Waals surface area contributed by atoms with Gasteiger partial charge in [-0.1, -0.05) is 53.5 Å². The van der Waals surface area contributed by atoms with Gasteiger partial charge in [0.15, 0.2) is 0 Å². The van der Waals surface area contributed by atoms with Gasteiger partial charge in [0, 0.05) is 47.5 Å². The van der Waals surface area contributed by atoms with E-state index in [1.165, 1.54) is 4.31 Å². The Bertz CT molecular complexity index is 1400. The van der Waals surface area contributed by atoms with Crippen LogP contribution in [0.1, 0.15) is 34.8 Å². The van der Waals surface area contributed by atoms with Gasteiger partial charge >= 0.3 is 0 Å². The van der Waals surface area contributed by atoms with Crippen molar-refractivity contribution in [3.63, 3.8) is 0 Å². The molecule has 1 aliphatic rings. The number of carbonyl (C=O) groups excluding carboxylic acids is 1. The van der Waals surface area contributed by atoms with Crippen LogP contribution in [0.5, 0.6) is 0 Å². The number of sulfonamides is 1. The van der Waals surface area contributed by atoms with E-state index in [9.17, 15) is 18.3 Å². The van der Waals surface area contributed by atoms with Crippen LogP contribution in [0.15, 0.2) is 66.7 Å². The smallest absolute Gasteiger partial charge is 0.251 e. The quantitative estimate of drug-likeness (QED) is 0.243. The second-order valence-corrected chi connectivity index (χ2v) is 12.7. The van der Waals surface area contributed by atoms with Crippen LogP contribution in [0.4, 0.5) is 11.4 Å². The van der Waals surface area contributed by atoms with Crippen LogP contribution in [-0.2, 0) is 23.0 Å². The average Bonchev–Trinajstić information content (AvgIpc) is 3.27. The third-order valence-corrected chi connectivity index (χ3v) is 8.94. The Kier molecular flexibility index (Phi) is 10.3. The van der Waals surface area contributed by atoms with Crippen LogP contribution < -0.4 is 20.3 Å². The molecule has 1 heterocycles. The highest BCUT2D eigenvalue weighted by Crippen LogP contribution is 2.28. The topological polar surface area (TPSA) is 111 Å². The van der Waals surface area contributed by atoms with Gasteiger partial charge in [-0.15, -0.1) is 0 Å². The number of halogens is 2. The van der Waals surface area contributed by atoms with E-state index in [0.29, 0.717) is 59.5 Å². The molecule has 1 amide bonds. The van der Waals surface area contributed by atoms with E-state index in [4.69, 9.17) is 23.2 Å². The summed E-state index contributed by atoms with van der Waals surface area (Å²) >= 11 is 12.2. The molecular weight excluding hydrogens is 571 g/mol. The largest absolute Gasteiger partial charge is 0.390 e. The van der Waals surface area contributed by atoms with E-state index >= 15 is 0 Å². The molecule has 3 aromatic rings. The van der Waals surface area contributed by atoms with Crippen molar-refractivity contribution in [1.82, 2.24) is 10.6 Å². The molecule has 0 bridgehead atoms. The summed E-state index contributed by atoms with van der Waals surface area (Å²) in [7, 11) is -3.42. The Labute approximate surface area is 245 Å². The van der Waals surface area contributed by atoms with E-state index in [0.717, 1.165) is 11.1 Å². The van der Waals surface area contributed by atoms with Crippen molar-refractivity contribution in [2.24, 2.45) is 0 Å². The fourth-order valence-corrected chi connectivity index (χ4v) is 6.86. The molecule has 1 fully saturated rings. The molecule has 0 aromatic heterocycles. The number of nitrogens with zero attached hydrogens (tertiary/aromatic N) is 1. The van der Waals surface area contributed by atoms with Gasteiger partial charge in [0.05, 0.1) is 23.6 Å². The molecule has 11 heteroatoms. The van der Waals surface area contributed by atoms with Crippen molar-refractivity contribution in [2.75, 3.05) is 35.0 Å². The summed E-state index contributed by atoms with van der Waals surface area (Å²) in [6, 6.07) is 19.3. The Morgan fingerprint density at radius 1 is 1.02 bits per heavy atom. The SMILES string of the molecule is CCNc1cc(C(=O)N[C@@H](Cc2ccccc2)[C@H](O)CNCc2cc(Cl)cc(Cl)c2)cc(N2CCCS2(=O)=O)c1. The minimum atomic E-state index is -3.42. The summed E-state index contributed by atoms with van der Waals surface area (Å²) in [5, 5.41) is 21.6. The number of hydrogen-bond donors (Lipinski definition) is 4. The Morgan fingerprint density at radius 2 is 1.75 bits per heavy atom.